The highest BCUT2D eigenvalue weighted by Crippen LogP contribution is 2.18. The minimum atomic E-state index is -0.229. The van der Waals surface area contributed by atoms with Crippen LogP contribution in [0.15, 0.2) is 36.4 Å². The Morgan fingerprint density at radius 1 is 1.08 bits per heavy atom. The minimum absolute atomic E-state index is 0.134. The Labute approximate surface area is 147 Å². The van der Waals surface area contributed by atoms with E-state index < -0.39 is 0 Å². The fraction of sp³-hybridized carbons (Fsp3) is 0.333. The molecule has 132 valence electrons. The van der Waals surface area contributed by atoms with E-state index in [1.807, 2.05) is 12.1 Å². The van der Waals surface area contributed by atoms with Gasteiger partial charge in [-0.1, -0.05) is 19.9 Å². The normalized spacial score (nSPS) is 10.4. The van der Waals surface area contributed by atoms with Crippen molar-refractivity contribution in [3.05, 3.63) is 42.1 Å². The van der Waals surface area contributed by atoms with Crippen LogP contribution in [0.1, 0.15) is 37.7 Å². The molecule has 2 amide bonds. The molecule has 1 aromatic heterocycles. The Kier molecular flexibility index (Phi) is 6.45. The van der Waals surface area contributed by atoms with Gasteiger partial charge in [0.1, 0.15) is 0 Å². The number of amides is 2. The fourth-order valence-electron chi connectivity index (χ4n) is 2.11. The monoisotopic (exact) mass is 341 g/mol. The molecule has 0 bridgehead atoms. The SMILES string of the molecule is CC(=O)Nc1cccc(Nc2ccc(C(=O)NCCC(C)C)nn2)c1. The maximum atomic E-state index is 12.0. The zero-order valence-electron chi connectivity index (χ0n) is 14.7. The number of benzene rings is 1. The third kappa shape index (κ3) is 6.21. The number of hydrogen-bond acceptors (Lipinski definition) is 5. The van der Waals surface area contributed by atoms with Crippen LogP contribution < -0.4 is 16.0 Å². The van der Waals surface area contributed by atoms with E-state index in [1.165, 1.54) is 6.92 Å². The lowest BCUT2D eigenvalue weighted by Gasteiger charge is -2.09. The Balaban J connectivity index is 1.96. The van der Waals surface area contributed by atoms with Crippen molar-refractivity contribution in [3.8, 4) is 0 Å². The highest BCUT2D eigenvalue weighted by molar-refractivity contribution is 5.92. The molecule has 0 aliphatic heterocycles. The lowest BCUT2D eigenvalue weighted by atomic mass is 10.1. The van der Waals surface area contributed by atoms with E-state index in [0.717, 1.165) is 12.1 Å². The maximum Gasteiger partial charge on any atom is 0.271 e. The summed E-state index contributed by atoms with van der Waals surface area (Å²) in [6, 6.07) is 10.6. The molecule has 0 aliphatic rings. The van der Waals surface area contributed by atoms with Crippen molar-refractivity contribution in [1.82, 2.24) is 15.5 Å². The summed E-state index contributed by atoms with van der Waals surface area (Å²) in [5.41, 5.74) is 1.72. The summed E-state index contributed by atoms with van der Waals surface area (Å²) in [6.45, 7) is 6.28. The molecule has 0 atom stereocenters. The van der Waals surface area contributed by atoms with Gasteiger partial charge >= 0.3 is 0 Å². The van der Waals surface area contributed by atoms with E-state index in [-0.39, 0.29) is 17.5 Å². The summed E-state index contributed by atoms with van der Waals surface area (Å²) in [7, 11) is 0. The smallest absolute Gasteiger partial charge is 0.271 e. The number of anilines is 3. The topological polar surface area (TPSA) is 96.0 Å². The van der Waals surface area contributed by atoms with Crippen molar-refractivity contribution in [3.63, 3.8) is 0 Å². The van der Waals surface area contributed by atoms with Crippen molar-refractivity contribution >= 4 is 29.0 Å². The Bertz CT molecular complexity index is 729. The molecule has 25 heavy (non-hydrogen) atoms. The van der Waals surface area contributed by atoms with Crippen LogP contribution in [-0.4, -0.2) is 28.6 Å². The van der Waals surface area contributed by atoms with E-state index in [4.69, 9.17) is 0 Å². The first-order valence-corrected chi connectivity index (χ1v) is 8.20. The molecular weight excluding hydrogens is 318 g/mol. The van der Waals surface area contributed by atoms with Crippen LogP contribution in [0, 0.1) is 5.92 Å². The van der Waals surface area contributed by atoms with Gasteiger partial charge in [-0.15, -0.1) is 10.2 Å². The molecule has 0 saturated heterocycles. The fourth-order valence-corrected chi connectivity index (χ4v) is 2.11. The highest BCUT2D eigenvalue weighted by Gasteiger charge is 2.08. The van der Waals surface area contributed by atoms with Crippen molar-refractivity contribution in [2.75, 3.05) is 17.2 Å². The van der Waals surface area contributed by atoms with Crippen LogP contribution in [0.4, 0.5) is 17.2 Å². The first-order chi connectivity index (χ1) is 11.9. The third-order valence-corrected chi connectivity index (χ3v) is 3.36. The zero-order valence-corrected chi connectivity index (χ0v) is 14.7. The van der Waals surface area contributed by atoms with Crippen LogP contribution in [-0.2, 0) is 4.79 Å². The van der Waals surface area contributed by atoms with Gasteiger partial charge in [0, 0.05) is 24.8 Å². The second-order valence-electron chi connectivity index (χ2n) is 6.13. The number of rotatable bonds is 7. The van der Waals surface area contributed by atoms with Gasteiger partial charge in [0.15, 0.2) is 11.5 Å². The second kappa shape index (κ2) is 8.77. The molecule has 1 heterocycles. The van der Waals surface area contributed by atoms with Gasteiger partial charge in [0.05, 0.1) is 0 Å². The third-order valence-electron chi connectivity index (χ3n) is 3.36. The summed E-state index contributed by atoms with van der Waals surface area (Å²) in [5, 5.41) is 16.6. The molecule has 0 fully saturated rings. The molecule has 0 radical (unpaired) electrons. The molecule has 3 N–H and O–H groups in total. The Morgan fingerprint density at radius 3 is 2.48 bits per heavy atom. The molecular formula is C18H23N5O2. The van der Waals surface area contributed by atoms with Gasteiger partial charge in [-0.05, 0) is 42.7 Å². The summed E-state index contributed by atoms with van der Waals surface area (Å²) in [6.07, 6.45) is 0.920. The number of aromatic nitrogens is 2. The predicted molar refractivity (Wildman–Crippen MR) is 97.8 cm³/mol. The number of nitrogens with one attached hydrogen (secondary N) is 3. The lowest BCUT2D eigenvalue weighted by molar-refractivity contribution is -0.114. The average Bonchev–Trinajstić information content (AvgIpc) is 2.55. The first kappa shape index (κ1) is 18.4. The molecule has 0 saturated carbocycles. The van der Waals surface area contributed by atoms with Crippen LogP contribution in [0.5, 0.6) is 0 Å². The van der Waals surface area contributed by atoms with Gasteiger partial charge in [0.25, 0.3) is 5.91 Å². The molecule has 7 heteroatoms. The van der Waals surface area contributed by atoms with Crippen molar-refractivity contribution in [2.45, 2.75) is 27.2 Å². The summed E-state index contributed by atoms with van der Waals surface area (Å²) >= 11 is 0. The molecule has 0 aliphatic carbocycles. The van der Waals surface area contributed by atoms with Gasteiger partial charge < -0.3 is 16.0 Å². The Morgan fingerprint density at radius 2 is 1.84 bits per heavy atom. The quantitative estimate of drug-likeness (QED) is 0.719. The maximum absolute atomic E-state index is 12.0. The van der Waals surface area contributed by atoms with E-state index in [9.17, 15) is 9.59 Å². The summed E-state index contributed by atoms with van der Waals surface area (Å²) in [5.74, 6) is 0.682. The molecule has 1 aromatic carbocycles. The standard InChI is InChI=1S/C18H23N5O2/c1-12(2)9-10-19-18(25)16-7-8-17(23-22-16)21-15-6-4-5-14(11-15)20-13(3)24/h4-8,11-12H,9-10H2,1-3H3,(H,19,25)(H,20,24)(H,21,23). The van der Waals surface area contributed by atoms with E-state index in [1.54, 1.807) is 24.3 Å². The highest BCUT2D eigenvalue weighted by atomic mass is 16.2. The van der Waals surface area contributed by atoms with Crippen molar-refractivity contribution in [1.29, 1.82) is 0 Å². The number of hydrogen-bond donors (Lipinski definition) is 3. The predicted octanol–water partition coefficient (Wildman–Crippen LogP) is 2.95. The Hall–Kier alpha value is -2.96. The zero-order chi connectivity index (χ0) is 18.2. The number of carbonyl (C=O) groups is 2. The van der Waals surface area contributed by atoms with Crippen LogP contribution in [0.3, 0.4) is 0 Å². The first-order valence-electron chi connectivity index (χ1n) is 8.20. The molecule has 0 unspecified atom stereocenters. The average molecular weight is 341 g/mol. The number of carbonyl (C=O) groups excluding carboxylic acids is 2. The van der Waals surface area contributed by atoms with Crippen molar-refractivity contribution in [2.24, 2.45) is 5.92 Å². The minimum Gasteiger partial charge on any atom is -0.351 e. The second-order valence-corrected chi connectivity index (χ2v) is 6.13. The lowest BCUT2D eigenvalue weighted by Crippen LogP contribution is -2.26. The molecule has 2 aromatic rings. The summed E-state index contributed by atoms with van der Waals surface area (Å²) < 4.78 is 0. The summed E-state index contributed by atoms with van der Waals surface area (Å²) in [4.78, 5) is 23.1. The van der Waals surface area contributed by atoms with E-state index in [0.29, 0.717) is 24.0 Å². The molecule has 7 nitrogen and oxygen atoms in total. The van der Waals surface area contributed by atoms with E-state index >= 15 is 0 Å². The van der Waals surface area contributed by atoms with Crippen LogP contribution in [0.2, 0.25) is 0 Å². The van der Waals surface area contributed by atoms with Crippen molar-refractivity contribution < 1.29 is 9.59 Å². The molecule has 0 spiro atoms. The largest absolute Gasteiger partial charge is 0.351 e. The number of nitrogens with zero attached hydrogens (tertiary/aromatic N) is 2. The van der Waals surface area contributed by atoms with Crippen LogP contribution in [0.25, 0.3) is 0 Å². The van der Waals surface area contributed by atoms with E-state index in [2.05, 4.69) is 40.0 Å². The molecule has 2 rings (SSSR count). The van der Waals surface area contributed by atoms with Gasteiger partial charge in [0.2, 0.25) is 5.91 Å². The van der Waals surface area contributed by atoms with Gasteiger partial charge in [-0.25, -0.2) is 0 Å². The van der Waals surface area contributed by atoms with Gasteiger partial charge in [-0.3, -0.25) is 9.59 Å². The van der Waals surface area contributed by atoms with Gasteiger partial charge in [-0.2, -0.15) is 0 Å². The van der Waals surface area contributed by atoms with Crippen LogP contribution >= 0.6 is 0 Å².